The van der Waals surface area contributed by atoms with Gasteiger partial charge in [-0.2, -0.15) is 18.2 Å². The van der Waals surface area contributed by atoms with E-state index in [0.717, 1.165) is 5.56 Å². The first kappa shape index (κ1) is 17.4. The topological polar surface area (TPSA) is 77.3 Å². The molecular formula is C16H16F3N3O3. The van der Waals surface area contributed by atoms with E-state index in [1.54, 1.807) is 24.3 Å². The van der Waals surface area contributed by atoms with Crippen molar-refractivity contribution in [2.45, 2.75) is 19.5 Å². The van der Waals surface area contributed by atoms with E-state index in [0.29, 0.717) is 31.7 Å². The summed E-state index contributed by atoms with van der Waals surface area (Å²) in [6.45, 7) is 3.17. The third kappa shape index (κ3) is 3.81. The number of aromatic nitrogens is 2. The summed E-state index contributed by atoms with van der Waals surface area (Å²) in [6.07, 6.45) is -4.06. The van der Waals surface area contributed by atoms with Gasteiger partial charge in [-0.3, -0.25) is 4.79 Å². The van der Waals surface area contributed by atoms with Crippen molar-refractivity contribution in [3.63, 3.8) is 0 Å². The SMILES string of the molecule is CC1(C(=O)NCCc2ccc(-c3noc(C(F)(F)F)n3)cc2)COC1. The van der Waals surface area contributed by atoms with Crippen LogP contribution >= 0.6 is 0 Å². The zero-order chi connectivity index (χ0) is 18.1. The molecule has 0 spiro atoms. The van der Waals surface area contributed by atoms with Crippen LogP contribution in [0.2, 0.25) is 0 Å². The van der Waals surface area contributed by atoms with Crippen LogP contribution in [0, 0.1) is 5.41 Å². The fourth-order valence-electron chi connectivity index (χ4n) is 2.35. The second-order valence-corrected chi connectivity index (χ2v) is 6.18. The molecule has 1 fully saturated rings. The van der Waals surface area contributed by atoms with Crippen molar-refractivity contribution in [1.82, 2.24) is 15.5 Å². The molecule has 1 N–H and O–H groups in total. The normalized spacial score (nSPS) is 16.3. The number of carbonyl (C=O) groups excluding carboxylic acids is 1. The molecule has 0 unspecified atom stereocenters. The van der Waals surface area contributed by atoms with E-state index < -0.39 is 17.5 Å². The average Bonchev–Trinajstić information content (AvgIpc) is 3.03. The molecule has 9 heteroatoms. The second kappa shape index (κ2) is 6.47. The highest BCUT2D eigenvalue weighted by molar-refractivity contribution is 5.83. The van der Waals surface area contributed by atoms with E-state index in [1.165, 1.54) is 0 Å². The van der Waals surface area contributed by atoms with Crippen molar-refractivity contribution in [3.05, 3.63) is 35.7 Å². The minimum atomic E-state index is -4.66. The van der Waals surface area contributed by atoms with Crippen molar-refractivity contribution in [1.29, 1.82) is 0 Å². The number of rotatable bonds is 5. The molecular weight excluding hydrogens is 339 g/mol. The van der Waals surface area contributed by atoms with Gasteiger partial charge in [-0.05, 0) is 18.9 Å². The Morgan fingerprint density at radius 3 is 2.48 bits per heavy atom. The highest BCUT2D eigenvalue weighted by Crippen LogP contribution is 2.29. The molecule has 1 saturated heterocycles. The minimum Gasteiger partial charge on any atom is -0.379 e. The molecule has 1 aromatic carbocycles. The second-order valence-electron chi connectivity index (χ2n) is 6.18. The largest absolute Gasteiger partial charge is 0.471 e. The number of benzene rings is 1. The number of nitrogens with one attached hydrogen (secondary N) is 1. The highest BCUT2D eigenvalue weighted by Gasteiger charge is 2.40. The summed E-state index contributed by atoms with van der Waals surface area (Å²) >= 11 is 0. The first-order valence-electron chi connectivity index (χ1n) is 7.64. The summed E-state index contributed by atoms with van der Waals surface area (Å²) in [5, 5.41) is 6.19. The highest BCUT2D eigenvalue weighted by atomic mass is 19.4. The molecule has 134 valence electrons. The summed E-state index contributed by atoms with van der Waals surface area (Å²) in [7, 11) is 0. The number of nitrogens with zero attached hydrogens (tertiary/aromatic N) is 2. The Kier molecular flexibility index (Phi) is 4.51. The summed E-state index contributed by atoms with van der Waals surface area (Å²) in [6, 6.07) is 6.73. The van der Waals surface area contributed by atoms with Crippen LogP contribution in [-0.2, 0) is 22.1 Å². The Hall–Kier alpha value is -2.42. The molecule has 2 aromatic rings. The predicted octanol–water partition coefficient (Wildman–Crippen LogP) is 2.45. The number of hydrogen-bond acceptors (Lipinski definition) is 5. The molecule has 2 heterocycles. The van der Waals surface area contributed by atoms with Gasteiger partial charge in [0, 0.05) is 12.1 Å². The molecule has 0 atom stereocenters. The van der Waals surface area contributed by atoms with E-state index in [4.69, 9.17) is 4.74 Å². The average molecular weight is 355 g/mol. The van der Waals surface area contributed by atoms with E-state index >= 15 is 0 Å². The van der Waals surface area contributed by atoms with Crippen LogP contribution in [-0.4, -0.2) is 35.8 Å². The zero-order valence-electron chi connectivity index (χ0n) is 13.4. The quantitative estimate of drug-likeness (QED) is 0.891. The lowest BCUT2D eigenvalue weighted by Gasteiger charge is -2.36. The van der Waals surface area contributed by atoms with E-state index in [1.807, 2.05) is 6.92 Å². The molecule has 0 saturated carbocycles. The number of carbonyl (C=O) groups is 1. The van der Waals surface area contributed by atoms with Crippen LogP contribution < -0.4 is 5.32 Å². The van der Waals surface area contributed by atoms with Crippen LogP contribution in [0.5, 0.6) is 0 Å². The van der Waals surface area contributed by atoms with Crippen molar-refractivity contribution in [2.24, 2.45) is 5.41 Å². The van der Waals surface area contributed by atoms with E-state index in [2.05, 4.69) is 20.0 Å². The zero-order valence-corrected chi connectivity index (χ0v) is 13.4. The summed E-state index contributed by atoms with van der Waals surface area (Å²) < 4.78 is 46.6. The molecule has 3 rings (SSSR count). The Labute approximate surface area is 141 Å². The number of amides is 1. The molecule has 1 aromatic heterocycles. The molecule has 6 nitrogen and oxygen atoms in total. The predicted molar refractivity (Wildman–Crippen MR) is 80.4 cm³/mol. The molecule has 0 aliphatic carbocycles. The van der Waals surface area contributed by atoms with Gasteiger partial charge in [-0.15, -0.1) is 0 Å². The van der Waals surface area contributed by atoms with Gasteiger partial charge in [-0.1, -0.05) is 29.4 Å². The van der Waals surface area contributed by atoms with Gasteiger partial charge in [0.25, 0.3) is 0 Å². The standard InChI is InChI=1S/C16H16F3N3O3/c1-15(8-24-9-15)13(23)20-7-6-10-2-4-11(5-3-10)12-21-14(25-22-12)16(17,18)19/h2-5H,6-9H2,1H3,(H,20,23). The molecule has 1 aliphatic rings. The smallest absolute Gasteiger partial charge is 0.379 e. The minimum absolute atomic E-state index is 0.0400. The molecule has 0 radical (unpaired) electrons. The monoisotopic (exact) mass is 355 g/mol. The van der Waals surface area contributed by atoms with Gasteiger partial charge >= 0.3 is 12.1 Å². The maximum absolute atomic E-state index is 12.5. The van der Waals surface area contributed by atoms with Gasteiger partial charge in [0.05, 0.1) is 18.6 Å². The van der Waals surface area contributed by atoms with Crippen molar-refractivity contribution < 1.29 is 27.2 Å². The third-order valence-corrected chi connectivity index (χ3v) is 3.97. The molecule has 0 bridgehead atoms. The fourth-order valence-corrected chi connectivity index (χ4v) is 2.35. The number of halogens is 3. The fraction of sp³-hybridized carbons (Fsp3) is 0.438. The van der Waals surface area contributed by atoms with E-state index in [-0.39, 0.29) is 11.7 Å². The Morgan fingerprint density at radius 1 is 1.28 bits per heavy atom. The van der Waals surface area contributed by atoms with Crippen LogP contribution in [0.3, 0.4) is 0 Å². The Bertz CT molecular complexity index is 752. The third-order valence-electron chi connectivity index (χ3n) is 3.97. The first-order chi connectivity index (χ1) is 11.8. The summed E-state index contributed by atoms with van der Waals surface area (Å²) in [5.41, 5.74) is 0.906. The van der Waals surface area contributed by atoms with Gasteiger partial charge in [-0.25, -0.2) is 0 Å². The number of ether oxygens (including phenoxy) is 1. The Morgan fingerprint density at radius 2 is 1.96 bits per heavy atom. The number of hydrogen-bond donors (Lipinski definition) is 1. The lowest BCUT2D eigenvalue weighted by atomic mass is 9.87. The van der Waals surface area contributed by atoms with Crippen molar-refractivity contribution >= 4 is 5.91 Å². The molecule has 1 aliphatic heterocycles. The maximum atomic E-state index is 12.5. The first-order valence-corrected chi connectivity index (χ1v) is 7.64. The number of alkyl halides is 3. The van der Waals surface area contributed by atoms with Crippen LogP contribution in [0.25, 0.3) is 11.4 Å². The van der Waals surface area contributed by atoms with E-state index in [9.17, 15) is 18.0 Å². The maximum Gasteiger partial charge on any atom is 0.471 e. The lowest BCUT2D eigenvalue weighted by molar-refractivity contribution is -0.159. The molecule has 25 heavy (non-hydrogen) atoms. The van der Waals surface area contributed by atoms with Crippen molar-refractivity contribution in [2.75, 3.05) is 19.8 Å². The molecule has 1 amide bonds. The van der Waals surface area contributed by atoms with Gasteiger partial charge in [0.15, 0.2) is 0 Å². The van der Waals surface area contributed by atoms with Crippen LogP contribution in [0.4, 0.5) is 13.2 Å². The van der Waals surface area contributed by atoms with Crippen LogP contribution in [0.1, 0.15) is 18.4 Å². The summed E-state index contributed by atoms with van der Waals surface area (Å²) in [4.78, 5) is 15.3. The van der Waals surface area contributed by atoms with Crippen LogP contribution in [0.15, 0.2) is 28.8 Å². The lowest BCUT2D eigenvalue weighted by Crippen LogP contribution is -2.52. The summed E-state index contributed by atoms with van der Waals surface area (Å²) in [5.74, 6) is -1.53. The Balaban J connectivity index is 1.55. The van der Waals surface area contributed by atoms with Gasteiger partial charge < -0.3 is 14.6 Å². The van der Waals surface area contributed by atoms with Crippen molar-refractivity contribution in [3.8, 4) is 11.4 Å². The van der Waals surface area contributed by atoms with Gasteiger partial charge in [0.2, 0.25) is 11.7 Å². The van der Waals surface area contributed by atoms with Gasteiger partial charge in [0.1, 0.15) is 0 Å².